The smallest absolute Gasteiger partial charge is 0.229 e. The molecule has 0 fully saturated rings. The Morgan fingerprint density at radius 2 is 2.00 bits per heavy atom. The van der Waals surface area contributed by atoms with Crippen LogP contribution in [0.15, 0.2) is 23.0 Å². The summed E-state index contributed by atoms with van der Waals surface area (Å²) in [7, 11) is 0. The van der Waals surface area contributed by atoms with Gasteiger partial charge in [0.05, 0.1) is 23.9 Å². The summed E-state index contributed by atoms with van der Waals surface area (Å²) in [5.41, 5.74) is 4.63. The predicted molar refractivity (Wildman–Crippen MR) is 81.3 cm³/mol. The van der Waals surface area contributed by atoms with Crippen molar-refractivity contribution < 1.29 is 4.52 Å². The third-order valence-corrected chi connectivity index (χ3v) is 4.07. The van der Waals surface area contributed by atoms with E-state index in [1.165, 1.54) is 11.1 Å². The van der Waals surface area contributed by atoms with Crippen molar-refractivity contribution in [1.82, 2.24) is 19.7 Å². The quantitative estimate of drug-likeness (QED) is 0.734. The third-order valence-electron chi connectivity index (χ3n) is 4.07. The van der Waals surface area contributed by atoms with Gasteiger partial charge in [-0.05, 0) is 43.5 Å². The fourth-order valence-corrected chi connectivity index (χ4v) is 2.30. The second-order valence-electron chi connectivity index (χ2n) is 5.66. The third kappa shape index (κ3) is 2.55. The highest BCUT2D eigenvalue weighted by molar-refractivity contribution is 5.77. The fraction of sp³-hybridized carbons (Fsp3) is 0.438. The lowest BCUT2D eigenvalue weighted by molar-refractivity contribution is 0.352. The van der Waals surface area contributed by atoms with E-state index in [0.717, 1.165) is 17.5 Å². The fourth-order valence-electron chi connectivity index (χ4n) is 2.30. The molecule has 1 aromatic carbocycles. The molecule has 0 N–H and O–H groups in total. The van der Waals surface area contributed by atoms with Crippen LogP contribution < -0.4 is 0 Å². The molecule has 0 saturated carbocycles. The molecule has 0 aliphatic carbocycles. The molecule has 3 rings (SSSR count). The SMILES string of the molecule is CC[C@@H](C)c1nc(Cn2cnc3cc(C)c(C)cc32)no1. The van der Waals surface area contributed by atoms with E-state index in [9.17, 15) is 0 Å². The van der Waals surface area contributed by atoms with E-state index in [1.807, 2.05) is 6.33 Å². The maximum absolute atomic E-state index is 5.33. The molecule has 3 aromatic rings. The van der Waals surface area contributed by atoms with Gasteiger partial charge in [-0.15, -0.1) is 0 Å². The minimum absolute atomic E-state index is 0.302. The van der Waals surface area contributed by atoms with Crippen LogP contribution in [0.3, 0.4) is 0 Å². The Bertz CT molecular complexity index is 772. The summed E-state index contributed by atoms with van der Waals surface area (Å²) in [6.45, 7) is 9.00. The lowest BCUT2D eigenvalue weighted by Gasteiger charge is -2.03. The number of rotatable bonds is 4. The van der Waals surface area contributed by atoms with Crippen LogP contribution in [0.25, 0.3) is 11.0 Å². The number of imidazole rings is 1. The number of hydrogen-bond donors (Lipinski definition) is 0. The zero-order valence-corrected chi connectivity index (χ0v) is 12.9. The monoisotopic (exact) mass is 284 g/mol. The number of benzene rings is 1. The normalized spacial score (nSPS) is 13.0. The van der Waals surface area contributed by atoms with Crippen molar-refractivity contribution in [2.24, 2.45) is 0 Å². The summed E-state index contributed by atoms with van der Waals surface area (Å²) < 4.78 is 7.39. The molecule has 21 heavy (non-hydrogen) atoms. The van der Waals surface area contributed by atoms with Crippen molar-refractivity contribution in [3.8, 4) is 0 Å². The van der Waals surface area contributed by atoms with Crippen molar-refractivity contribution >= 4 is 11.0 Å². The molecule has 5 nitrogen and oxygen atoms in total. The molecule has 0 bridgehead atoms. The highest BCUT2D eigenvalue weighted by Crippen LogP contribution is 2.20. The van der Waals surface area contributed by atoms with Crippen LogP contribution in [0.5, 0.6) is 0 Å². The molecule has 0 amide bonds. The number of aromatic nitrogens is 4. The van der Waals surface area contributed by atoms with E-state index >= 15 is 0 Å². The van der Waals surface area contributed by atoms with Gasteiger partial charge < -0.3 is 9.09 Å². The van der Waals surface area contributed by atoms with Crippen LogP contribution in [0, 0.1) is 13.8 Å². The van der Waals surface area contributed by atoms with Gasteiger partial charge in [0, 0.05) is 5.92 Å². The van der Waals surface area contributed by atoms with E-state index in [4.69, 9.17) is 4.52 Å². The van der Waals surface area contributed by atoms with Gasteiger partial charge in [0.25, 0.3) is 0 Å². The van der Waals surface area contributed by atoms with Crippen molar-refractivity contribution in [3.05, 3.63) is 41.3 Å². The van der Waals surface area contributed by atoms with Crippen LogP contribution in [-0.4, -0.2) is 19.7 Å². The predicted octanol–water partition coefficient (Wildman–Crippen LogP) is 3.60. The lowest BCUT2D eigenvalue weighted by Crippen LogP contribution is -2.01. The highest BCUT2D eigenvalue weighted by atomic mass is 16.5. The molecule has 0 aliphatic rings. The van der Waals surface area contributed by atoms with Crippen LogP contribution in [0.1, 0.15) is 49.0 Å². The van der Waals surface area contributed by atoms with Gasteiger partial charge >= 0.3 is 0 Å². The van der Waals surface area contributed by atoms with E-state index in [2.05, 4.69) is 59.5 Å². The van der Waals surface area contributed by atoms with Crippen LogP contribution in [0.4, 0.5) is 0 Å². The molecular weight excluding hydrogens is 264 g/mol. The molecule has 0 unspecified atom stereocenters. The van der Waals surface area contributed by atoms with E-state index in [0.29, 0.717) is 24.2 Å². The standard InChI is InChI=1S/C16H20N4O/c1-5-10(2)16-18-15(19-21-16)8-20-9-17-13-6-11(3)12(4)7-14(13)20/h6-7,9-10H,5,8H2,1-4H3/t10-/m1/s1. The lowest BCUT2D eigenvalue weighted by atomic mass is 10.1. The van der Waals surface area contributed by atoms with Crippen LogP contribution in [0.2, 0.25) is 0 Å². The van der Waals surface area contributed by atoms with Gasteiger partial charge in [-0.2, -0.15) is 4.98 Å². The molecular formula is C16H20N4O. The first kappa shape index (κ1) is 13.8. The van der Waals surface area contributed by atoms with Gasteiger partial charge in [-0.3, -0.25) is 0 Å². The molecule has 1 atom stereocenters. The van der Waals surface area contributed by atoms with Crippen LogP contribution >= 0.6 is 0 Å². The summed E-state index contributed by atoms with van der Waals surface area (Å²) in [5.74, 6) is 1.71. The Morgan fingerprint density at radius 3 is 2.76 bits per heavy atom. The van der Waals surface area contributed by atoms with Gasteiger partial charge in [0.15, 0.2) is 5.82 Å². The first-order valence-corrected chi connectivity index (χ1v) is 7.33. The van der Waals surface area contributed by atoms with Crippen molar-refractivity contribution in [1.29, 1.82) is 0 Å². The van der Waals surface area contributed by atoms with E-state index < -0.39 is 0 Å². The zero-order valence-electron chi connectivity index (χ0n) is 12.9. The topological polar surface area (TPSA) is 56.7 Å². The van der Waals surface area contributed by atoms with E-state index in [1.54, 1.807) is 0 Å². The largest absolute Gasteiger partial charge is 0.339 e. The zero-order chi connectivity index (χ0) is 15.0. The second kappa shape index (κ2) is 5.31. The van der Waals surface area contributed by atoms with Gasteiger partial charge in [-0.1, -0.05) is 19.0 Å². The average molecular weight is 284 g/mol. The maximum atomic E-state index is 5.33. The number of fused-ring (bicyclic) bond motifs is 1. The Morgan fingerprint density at radius 1 is 1.24 bits per heavy atom. The van der Waals surface area contributed by atoms with Crippen molar-refractivity contribution in [2.45, 2.75) is 46.6 Å². The summed E-state index contributed by atoms with van der Waals surface area (Å²) in [5, 5.41) is 4.07. The molecule has 0 radical (unpaired) electrons. The number of aryl methyl sites for hydroxylation is 2. The number of hydrogen-bond acceptors (Lipinski definition) is 4. The Hall–Kier alpha value is -2.17. The van der Waals surface area contributed by atoms with Gasteiger partial charge in [0.1, 0.15) is 0 Å². The molecule has 5 heteroatoms. The Kier molecular flexibility index (Phi) is 3.49. The Balaban J connectivity index is 1.91. The molecule has 0 aliphatic heterocycles. The van der Waals surface area contributed by atoms with Crippen LogP contribution in [-0.2, 0) is 6.54 Å². The molecule has 2 aromatic heterocycles. The summed E-state index contributed by atoms with van der Waals surface area (Å²) >= 11 is 0. The summed E-state index contributed by atoms with van der Waals surface area (Å²) in [6.07, 6.45) is 2.83. The van der Waals surface area contributed by atoms with Crippen molar-refractivity contribution in [3.63, 3.8) is 0 Å². The summed E-state index contributed by atoms with van der Waals surface area (Å²) in [4.78, 5) is 8.93. The highest BCUT2D eigenvalue weighted by Gasteiger charge is 2.13. The molecule has 2 heterocycles. The van der Waals surface area contributed by atoms with Gasteiger partial charge in [-0.25, -0.2) is 4.98 Å². The van der Waals surface area contributed by atoms with Crippen molar-refractivity contribution in [2.75, 3.05) is 0 Å². The average Bonchev–Trinajstić information content (AvgIpc) is 3.08. The first-order chi connectivity index (χ1) is 10.1. The van der Waals surface area contributed by atoms with E-state index in [-0.39, 0.29) is 0 Å². The number of nitrogens with zero attached hydrogens (tertiary/aromatic N) is 4. The summed E-state index contributed by atoms with van der Waals surface area (Å²) in [6, 6.07) is 4.27. The first-order valence-electron chi connectivity index (χ1n) is 7.33. The Labute approximate surface area is 124 Å². The molecule has 0 spiro atoms. The minimum atomic E-state index is 0.302. The maximum Gasteiger partial charge on any atom is 0.229 e. The second-order valence-corrected chi connectivity index (χ2v) is 5.66. The minimum Gasteiger partial charge on any atom is -0.339 e. The molecule has 110 valence electrons. The molecule has 0 saturated heterocycles. The van der Waals surface area contributed by atoms with Gasteiger partial charge in [0.2, 0.25) is 5.89 Å².